The summed E-state index contributed by atoms with van der Waals surface area (Å²) in [7, 11) is 3.59. The highest BCUT2D eigenvalue weighted by Crippen LogP contribution is 2.22. The van der Waals surface area contributed by atoms with Crippen molar-refractivity contribution in [3.63, 3.8) is 0 Å². The largest absolute Gasteiger partial charge is 0.481 e. The molecule has 1 N–H and O–H groups in total. The average molecular weight is 321 g/mol. The molecule has 0 bridgehead atoms. The molecule has 0 spiro atoms. The minimum absolute atomic E-state index is 0.305. The Bertz CT molecular complexity index is 570. The summed E-state index contributed by atoms with van der Waals surface area (Å²) in [6.07, 6.45) is 1.51. The lowest BCUT2D eigenvalue weighted by molar-refractivity contribution is -0.142. The van der Waals surface area contributed by atoms with Gasteiger partial charge in [0.2, 0.25) is 5.88 Å². The van der Waals surface area contributed by atoms with Crippen LogP contribution in [-0.2, 0) is 4.79 Å². The molecule has 2 atom stereocenters. The third-order valence-electron chi connectivity index (χ3n) is 4.62. The third kappa shape index (κ3) is 3.53. The van der Waals surface area contributed by atoms with Crippen LogP contribution < -0.4 is 9.64 Å². The molecule has 2 saturated heterocycles. The highest BCUT2D eigenvalue weighted by molar-refractivity contribution is 5.70. The van der Waals surface area contributed by atoms with Crippen molar-refractivity contribution in [2.75, 3.05) is 58.3 Å². The van der Waals surface area contributed by atoms with Gasteiger partial charge in [-0.3, -0.25) is 9.69 Å². The Labute approximate surface area is 135 Å². The molecule has 1 aromatic rings. The highest BCUT2D eigenvalue weighted by atomic mass is 16.5. The SMILES string of the molecule is COc1cc(N2CCN3CC(C(=O)O)CN(C)CC3C2)ncn1. The van der Waals surface area contributed by atoms with E-state index in [1.807, 2.05) is 13.1 Å². The van der Waals surface area contributed by atoms with Crippen LogP contribution in [0.15, 0.2) is 12.4 Å². The first-order valence-corrected chi connectivity index (χ1v) is 7.83. The van der Waals surface area contributed by atoms with Crippen molar-refractivity contribution in [2.24, 2.45) is 5.92 Å². The molecular weight excluding hydrogens is 298 g/mol. The van der Waals surface area contributed by atoms with Crippen molar-refractivity contribution in [1.29, 1.82) is 0 Å². The van der Waals surface area contributed by atoms with Crippen LogP contribution in [0.5, 0.6) is 5.88 Å². The molecule has 2 aliphatic rings. The molecule has 1 aromatic heterocycles. The van der Waals surface area contributed by atoms with E-state index < -0.39 is 5.97 Å². The van der Waals surface area contributed by atoms with Crippen LogP contribution in [0.1, 0.15) is 0 Å². The topological polar surface area (TPSA) is 82.0 Å². The Morgan fingerprint density at radius 3 is 2.83 bits per heavy atom. The molecule has 8 heteroatoms. The minimum atomic E-state index is -0.708. The van der Waals surface area contributed by atoms with Crippen molar-refractivity contribution >= 4 is 11.8 Å². The summed E-state index contributed by atoms with van der Waals surface area (Å²) in [5.41, 5.74) is 0. The van der Waals surface area contributed by atoms with E-state index in [1.54, 1.807) is 7.11 Å². The fourth-order valence-electron chi connectivity index (χ4n) is 3.44. The number of hydrogen-bond acceptors (Lipinski definition) is 7. The lowest BCUT2D eigenvalue weighted by atomic mass is 10.1. The van der Waals surface area contributed by atoms with Crippen LogP contribution in [0.3, 0.4) is 0 Å². The zero-order chi connectivity index (χ0) is 16.4. The predicted octanol–water partition coefficient (Wildman–Crippen LogP) is -0.378. The molecule has 2 unspecified atom stereocenters. The van der Waals surface area contributed by atoms with E-state index in [-0.39, 0.29) is 5.92 Å². The average Bonchev–Trinajstić information content (AvgIpc) is 2.72. The van der Waals surface area contributed by atoms with Gasteiger partial charge in [0.1, 0.15) is 12.1 Å². The summed E-state index contributed by atoms with van der Waals surface area (Å²) in [6.45, 7) is 4.58. The van der Waals surface area contributed by atoms with Gasteiger partial charge in [-0.25, -0.2) is 9.97 Å². The molecule has 0 amide bonds. The van der Waals surface area contributed by atoms with Crippen molar-refractivity contribution in [3.8, 4) is 5.88 Å². The van der Waals surface area contributed by atoms with Gasteiger partial charge in [0.25, 0.3) is 0 Å². The number of nitrogens with zero attached hydrogens (tertiary/aromatic N) is 5. The predicted molar refractivity (Wildman–Crippen MR) is 84.8 cm³/mol. The maximum Gasteiger partial charge on any atom is 0.309 e. The number of ether oxygens (including phenoxy) is 1. The van der Waals surface area contributed by atoms with E-state index >= 15 is 0 Å². The Morgan fingerprint density at radius 1 is 1.26 bits per heavy atom. The fourth-order valence-corrected chi connectivity index (χ4v) is 3.44. The van der Waals surface area contributed by atoms with E-state index in [4.69, 9.17) is 4.74 Å². The monoisotopic (exact) mass is 321 g/mol. The molecule has 0 aromatic carbocycles. The van der Waals surface area contributed by atoms with Crippen LogP contribution in [0.4, 0.5) is 5.82 Å². The Balaban J connectivity index is 1.73. The van der Waals surface area contributed by atoms with Crippen molar-refractivity contribution in [1.82, 2.24) is 19.8 Å². The number of carboxylic acid groups (broad SMARTS) is 1. The molecule has 0 radical (unpaired) electrons. The molecule has 0 saturated carbocycles. The first kappa shape index (κ1) is 15.9. The number of likely N-dealkylation sites (N-methyl/N-ethyl adjacent to an activating group) is 1. The van der Waals surface area contributed by atoms with Crippen LogP contribution >= 0.6 is 0 Å². The number of fused-ring (bicyclic) bond motifs is 1. The molecule has 0 aliphatic carbocycles. The lowest BCUT2D eigenvalue weighted by Crippen LogP contribution is -2.56. The maximum absolute atomic E-state index is 11.4. The van der Waals surface area contributed by atoms with E-state index in [1.165, 1.54) is 6.33 Å². The second kappa shape index (κ2) is 6.67. The third-order valence-corrected chi connectivity index (χ3v) is 4.62. The van der Waals surface area contributed by atoms with Gasteiger partial charge in [0, 0.05) is 51.4 Å². The van der Waals surface area contributed by atoms with Gasteiger partial charge < -0.3 is 19.6 Å². The quantitative estimate of drug-likeness (QED) is 0.807. The van der Waals surface area contributed by atoms with Crippen LogP contribution in [0.25, 0.3) is 0 Å². The Hall–Kier alpha value is -1.93. The summed E-state index contributed by atoms with van der Waals surface area (Å²) in [5.74, 6) is 0.385. The number of carboxylic acids is 1. The standard InChI is InChI=1S/C15H23N5O3/c1-18-6-11(15(21)22)7-19-3-4-20(9-12(19)8-18)13-5-14(23-2)17-10-16-13/h5,10-12H,3-4,6-9H2,1-2H3,(H,21,22). The lowest BCUT2D eigenvalue weighted by Gasteiger charge is -2.41. The van der Waals surface area contributed by atoms with Crippen LogP contribution in [0.2, 0.25) is 0 Å². The first-order chi connectivity index (χ1) is 11.1. The van der Waals surface area contributed by atoms with Gasteiger partial charge in [0.15, 0.2) is 0 Å². The molecule has 126 valence electrons. The maximum atomic E-state index is 11.4. The first-order valence-electron chi connectivity index (χ1n) is 7.83. The van der Waals surface area contributed by atoms with Gasteiger partial charge in [-0.2, -0.15) is 0 Å². The van der Waals surface area contributed by atoms with Gasteiger partial charge in [-0.15, -0.1) is 0 Å². The number of methoxy groups -OCH3 is 1. The number of piperazine rings is 1. The number of anilines is 1. The molecule has 3 heterocycles. The second-order valence-corrected chi connectivity index (χ2v) is 6.27. The number of hydrogen-bond donors (Lipinski definition) is 1. The van der Waals surface area contributed by atoms with Crippen molar-refractivity contribution < 1.29 is 14.6 Å². The summed E-state index contributed by atoms with van der Waals surface area (Å²) in [5, 5.41) is 9.36. The van der Waals surface area contributed by atoms with Gasteiger partial charge in [-0.05, 0) is 7.05 Å². The van der Waals surface area contributed by atoms with Gasteiger partial charge in [-0.1, -0.05) is 0 Å². The molecule has 2 aliphatic heterocycles. The summed E-state index contributed by atoms with van der Waals surface area (Å²) in [6, 6.07) is 2.15. The fraction of sp³-hybridized carbons (Fsp3) is 0.667. The van der Waals surface area contributed by atoms with E-state index in [2.05, 4.69) is 24.7 Å². The molecule has 23 heavy (non-hydrogen) atoms. The van der Waals surface area contributed by atoms with Crippen LogP contribution in [0, 0.1) is 5.92 Å². The molecule has 3 rings (SSSR count). The Morgan fingerprint density at radius 2 is 2.09 bits per heavy atom. The van der Waals surface area contributed by atoms with Gasteiger partial charge in [0.05, 0.1) is 13.0 Å². The highest BCUT2D eigenvalue weighted by Gasteiger charge is 2.35. The van der Waals surface area contributed by atoms with E-state index in [0.29, 0.717) is 25.0 Å². The van der Waals surface area contributed by atoms with Crippen LogP contribution in [-0.4, -0.2) is 90.3 Å². The number of aromatic nitrogens is 2. The number of aliphatic carboxylic acids is 1. The summed E-state index contributed by atoms with van der Waals surface area (Å²) >= 11 is 0. The van der Waals surface area contributed by atoms with Crippen molar-refractivity contribution in [2.45, 2.75) is 6.04 Å². The normalized spacial score (nSPS) is 26.4. The Kier molecular flexibility index (Phi) is 4.63. The zero-order valence-corrected chi connectivity index (χ0v) is 13.6. The molecular formula is C15H23N5O3. The zero-order valence-electron chi connectivity index (χ0n) is 13.6. The summed E-state index contributed by atoms with van der Waals surface area (Å²) in [4.78, 5) is 26.4. The number of rotatable bonds is 3. The van der Waals surface area contributed by atoms with Crippen molar-refractivity contribution in [3.05, 3.63) is 12.4 Å². The minimum Gasteiger partial charge on any atom is -0.481 e. The summed E-state index contributed by atoms with van der Waals surface area (Å²) < 4.78 is 5.17. The van der Waals surface area contributed by atoms with E-state index in [0.717, 1.165) is 32.0 Å². The molecule has 8 nitrogen and oxygen atoms in total. The molecule has 2 fully saturated rings. The van der Waals surface area contributed by atoms with E-state index in [9.17, 15) is 9.90 Å². The number of carbonyl (C=O) groups is 1. The smallest absolute Gasteiger partial charge is 0.309 e. The van der Waals surface area contributed by atoms with Gasteiger partial charge >= 0.3 is 5.97 Å². The second-order valence-electron chi connectivity index (χ2n) is 6.27.